The number of hydrogen-bond acceptors (Lipinski definition) is 6. The average molecular weight is 394 g/mol. The van der Waals surface area contributed by atoms with Gasteiger partial charge in [0.05, 0.1) is 11.5 Å². The van der Waals surface area contributed by atoms with Crippen molar-refractivity contribution in [2.24, 2.45) is 0 Å². The predicted octanol–water partition coefficient (Wildman–Crippen LogP) is -1.09. The third-order valence-corrected chi connectivity index (χ3v) is 6.22. The highest BCUT2D eigenvalue weighted by Gasteiger charge is 2.32. The number of carboxylic acid groups (broad SMARTS) is 2. The summed E-state index contributed by atoms with van der Waals surface area (Å²) >= 11 is 0. The lowest BCUT2D eigenvalue weighted by Gasteiger charge is -2.19. The highest BCUT2D eigenvalue weighted by atomic mass is 32.2. The first-order chi connectivity index (χ1) is 11.4. The molecule has 3 N–H and O–H groups in total. The van der Waals surface area contributed by atoms with Crippen LogP contribution in [-0.2, 0) is 35.4 Å². The summed E-state index contributed by atoms with van der Waals surface area (Å²) in [5.74, 6) is -4.76. The molecule has 1 atom stereocenters. The summed E-state index contributed by atoms with van der Waals surface area (Å²) in [6.45, 7) is -0.870. The maximum atomic E-state index is 12.1. The Bertz CT molecular complexity index is 821. The first kappa shape index (κ1) is 21.0. The number of aliphatic carboxylic acids is 2. The van der Waals surface area contributed by atoms with Crippen molar-refractivity contribution in [2.45, 2.75) is 11.8 Å². The fraction of sp³-hybridized carbons (Fsp3) is 0.385. The minimum absolute atomic E-state index is 0.394. The van der Waals surface area contributed by atoms with E-state index in [9.17, 15) is 26.4 Å². The van der Waals surface area contributed by atoms with E-state index in [1.165, 1.54) is 12.1 Å². The van der Waals surface area contributed by atoms with Crippen LogP contribution in [0.3, 0.4) is 0 Å². The fourth-order valence-corrected chi connectivity index (χ4v) is 4.48. The molecule has 0 aliphatic rings. The Balaban J connectivity index is 2.90. The van der Waals surface area contributed by atoms with Crippen molar-refractivity contribution in [3.63, 3.8) is 0 Å². The van der Waals surface area contributed by atoms with E-state index in [2.05, 4.69) is 0 Å². The molecule has 0 amide bonds. The van der Waals surface area contributed by atoms with Crippen LogP contribution in [0, 0.1) is 0 Å². The summed E-state index contributed by atoms with van der Waals surface area (Å²) in [6, 6.07) is 5.97. The number of likely N-dealkylation sites (N-methyl/N-ethyl adjacent to an activating group) is 1. The van der Waals surface area contributed by atoms with Gasteiger partial charge in [0.1, 0.15) is 12.6 Å². The van der Waals surface area contributed by atoms with Gasteiger partial charge >= 0.3 is 11.9 Å². The molecule has 0 saturated heterocycles. The summed E-state index contributed by atoms with van der Waals surface area (Å²) in [5, 5.41) is 17.7. The van der Waals surface area contributed by atoms with E-state index in [-0.39, 0.29) is 0 Å². The minimum atomic E-state index is -4.30. The Morgan fingerprint density at radius 1 is 1.12 bits per heavy atom. The topological polar surface area (TPSA) is 158 Å². The minimum Gasteiger partial charge on any atom is -0.480 e. The second-order valence-electron chi connectivity index (χ2n) is 5.18. The molecule has 0 unspecified atom stereocenters. The molecule has 0 bridgehead atoms. The number of carbonyl (C=O) groups is 2. The third kappa shape index (κ3) is 7.17. The van der Waals surface area contributed by atoms with Gasteiger partial charge in [0.25, 0.3) is 0 Å². The standard InChI is InChI=1S/C13H18N2O8S2/c1-15(7-12(16)17)25(22,23)9-11(13(18)19)14-24(20,21)8-10-5-3-2-4-6-10/h2-6,11,14H,7-9H2,1H3,(H,16,17)(H,18,19)/t11-/m0/s1. The maximum Gasteiger partial charge on any atom is 0.322 e. The van der Waals surface area contributed by atoms with Gasteiger partial charge in [-0.2, -0.15) is 9.03 Å². The number of hydrogen-bond donors (Lipinski definition) is 3. The van der Waals surface area contributed by atoms with Crippen molar-refractivity contribution < 1.29 is 36.6 Å². The summed E-state index contributed by atoms with van der Waals surface area (Å²) in [5.41, 5.74) is 0.394. The van der Waals surface area contributed by atoms with Crippen LogP contribution >= 0.6 is 0 Å². The van der Waals surface area contributed by atoms with E-state index in [0.29, 0.717) is 9.87 Å². The molecule has 0 spiro atoms. The lowest BCUT2D eigenvalue weighted by molar-refractivity contribution is -0.138. The molecule has 140 valence electrons. The molecule has 0 saturated carbocycles. The van der Waals surface area contributed by atoms with Gasteiger partial charge in [0, 0.05) is 7.05 Å². The molecule has 0 heterocycles. The van der Waals surface area contributed by atoms with Crippen LogP contribution in [0.5, 0.6) is 0 Å². The zero-order valence-corrected chi connectivity index (χ0v) is 14.8. The normalized spacial score (nSPS) is 13.5. The van der Waals surface area contributed by atoms with Gasteiger partial charge in [0.15, 0.2) is 0 Å². The van der Waals surface area contributed by atoms with Gasteiger partial charge in [-0.25, -0.2) is 16.8 Å². The molecule has 0 fully saturated rings. The van der Waals surface area contributed by atoms with Crippen molar-refractivity contribution >= 4 is 32.0 Å². The van der Waals surface area contributed by atoms with Gasteiger partial charge in [-0.05, 0) is 5.56 Å². The molecule has 1 aromatic carbocycles. The number of sulfonamides is 2. The van der Waals surface area contributed by atoms with Gasteiger partial charge in [-0.1, -0.05) is 30.3 Å². The van der Waals surface area contributed by atoms with Crippen molar-refractivity contribution in [3.05, 3.63) is 35.9 Å². The van der Waals surface area contributed by atoms with Crippen LogP contribution in [0.4, 0.5) is 0 Å². The van der Waals surface area contributed by atoms with E-state index in [4.69, 9.17) is 10.2 Å². The summed E-state index contributed by atoms with van der Waals surface area (Å²) < 4.78 is 50.4. The van der Waals surface area contributed by atoms with Crippen LogP contribution in [0.15, 0.2) is 30.3 Å². The van der Waals surface area contributed by atoms with Crippen molar-refractivity contribution in [2.75, 3.05) is 19.3 Å². The van der Waals surface area contributed by atoms with E-state index in [0.717, 1.165) is 7.05 Å². The van der Waals surface area contributed by atoms with E-state index in [1.807, 2.05) is 4.72 Å². The summed E-state index contributed by atoms with van der Waals surface area (Å²) in [4.78, 5) is 21.8. The van der Waals surface area contributed by atoms with Crippen LogP contribution in [0.25, 0.3) is 0 Å². The van der Waals surface area contributed by atoms with E-state index in [1.54, 1.807) is 18.2 Å². The summed E-state index contributed by atoms with van der Waals surface area (Å²) in [6.07, 6.45) is 0. The lowest BCUT2D eigenvalue weighted by atomic mass is 10.2. The molecule has 0 aliphatic carbocycles. The Hall–Kier alpha value is -2.02. The fourth-order valence-electron chi connectivity index (χ4n) is 1.83. The second kappa shape index (κ2) is 8.38. The average Bonchev–Trinajstić information content (AvgIpc) is 2.45. The molecule has 0 radical (unpaired) electrons. The van der Waals surface area contributed by atoms with Crippen molar-refractivity contribution in [3.8, 4) is 0 Å². The number of nitrogens with one attached hydrogen (secondary N) is 1. The van der Waals surface area contributed by atoms with Crippen molar-refractivity contribution in [1.29, 1.82) is 0 Å². The second-order valence-corrected chi connectivity index (χ2v) is 9.06. The Morgan fingerprint density at radius 2 is 1.68 bits per heavy atom. The first-order valence-corrected chi connectivity index (χ1v) is 10.1. The van der Waals surface area contributed by atoms with Gasteiger partial charge in [-0.3, -0.25) is 9.59 Å². The highest BCUT2D eigenvalue weighted by Crippen LogP contribution is 2.07. The van der Waals surface area contributed by atoms with Crippen LogP contribution in [-0.4, -0.2) is 68.7 Å². The number of carboxylic acids is 2. The number of rotatable bonds is 10. The van der Waals surface area contributed by atoms with E-state index >= 15 is 0 Å². The smallest absolute Gasteiger partial charge is 0.322 e. The SMILES string of the molecule is CN(CC(=O)O)S(=O)(=O)C[C@H](NS(=O)(=O)Cc1ccccc1)C(=O)O. The zero-order chi connectivity index (χ0) is 19.3. The van der Waals surface area contributed by atoms with Crippen LogP contribution in [0.1, 0.15) is 5.56 Å². The number of benzene rings is 1. The Morgan fingerprint density at radius 3 is 2.16 bits per heavy atom. The van der Waals surface area contributed by atoms with Gasteiger partial charge in [-0.15, -0.1) is 0 Å². The third-order valence-electron chi connectivity index (χ3n) is 3.03. The molecular weight excluding hydrogens is 376 g/mol. The zero-order valence-electron chi connectivity index (χ0n) is 13.2. The Labute approximate surface area is 145 Å². The van der Waals surface area contributed by atoms with Crippen molar-refractivity contribution in [1.82, 2.24) is 9.03 Å². The largest absolute Gasteiger partial charge is 0.480 e. The molecule has 0 aliphatic heterocycles. The molecule has 10 nitrogen and oxygen atoms in total. The van der Waals surface area contributed by atoms with Crippen LogP contribution < -0.4 is 4.72 Å². The predicted molar refractivity (Wildman–Crippen MR) is 87.7 cm³/mol. The molecular formula is C13H18N2O8S2. The Kier molecular flexibility index (Phi) is 7.05. The quantitative estimate of drug-likeness (QED) is 0.451. The molecule has 1 rings (SSSR count). The number of nitrogens with zero attached hydrogens (tertiary/aromatic N) is 1. The maximum absolute atomic E-state index is 12.1. The van der Waals surface area contributed by atoms with Gasteiger partial charge in [0.2, 0.25) is 20.0 Å². The van der Waals surface area contributed by atoms with E-state index < -0.39 is 56.1 Å². The first-order valence-electron chi connectivity index (χ1n) is 6.85. The monoisotopic (exact) mass is 394 g/mol. The molecule has 12 heteroatoms. The molecule has 0 aromatic heterocycles. The lowest BCUT2D eigenvalue weighted by Crippen LogP contribution is -2.48. The highest BCUT2D eigenvalue weighted by molar-refractivity contribution is 7.89. The summed E-state index contributed by atoms with van der Waals surface area (Å²) in [7, 11) is -7.47. The molecule has 25 heavy (non-hydrogen) atoms. The van der Waals surface area contributed by atoms with Gasteiger partial charge < -0.3 is 10.2 Å². The van der Waals surface area contributed by atoms with Crippen LogP contribution in [0.2, 0.25) is 0 Å². The molecule has 1 aromatic rings.